The Morgan fingerprint density at radius 3 is 2.27 bits per heavy atom. The highest BCUT2D eigenvalue weighted by molar-refractivity contribution is 5.95. The van der Waals surface area contributed by atoms with E-state index in [4.69, 9.17) is 4.74 Å². The Kier molecular flexibility index (Phi) is 6.03. The van der Waals surface area contributed by atoms with Gasteiger partial charge in [-0.25, -0.2) is 9.59 Å². The number of nitrogens with zero attached hydrogens (tertiary/aromatic N) is 1. The fraction of sp³-hybridized carbons (Fsp3) is 0.333. The van der Waals surface area contributed by atoms with Gasteiger partial charge in [-0.2, -0.15) is 0 Å². The molecule has 138 valence electrons. The van der Waals surface area contributed by atoms with Crippen molar-refractivity contribution in [1.82, 2.24) is 0 Å². The first-order chi connectivity index (χ1) is 12.2. The average Bonchev–Trinajstić information content (AvgIpc) is 2.58. The lowest BCUT2D eigenvalue weighted by atomic mass is 9.95. The van der Waals surface area contributed by atoms with E-state index in [0.717, 1.165) is 5.56 Å². The van der Waals surface area contributed by atoms with Crippen LogP contribution in [0.1, 0.15) is 42.3 Å². The molecule has 5 heteroatoms. The van der Waals surface area contributed by atoms with Gasteiger partial charge in [-0.3, -0.25) is 4.90 Å². The number of amides is 1. The SMILES string of the molecule is Cc1c(C(=O)O)cccc1N(CC(C)(C)C)C(=O)OCc1ccccc1. The smallest absolute Gasteiger partial charge is 0.414 e. The monoisotopic (exact) mass is 355 g/mol. The predicted molar refractivity (Wildman–Crippen MR) is 102 cm³/mol. The van der Waals surface area contributed by atoms with Gasteiger partial charge in [-0.05, 0) is 35.6 Å². The van der Waals surface area contributed by atoms with Crippen molar-refractivity contribution in [3.63, 3.8) is 0 Å². The molecule has 0 aromatic heterocycles. The van der Waals surface area contributed by atoms with E-state index in [0.29, 0.717) is 17.8 Å². The Morgan fingerprint density at radius 1 is 1.04 bits per heavy atom. The molecule has 0 saturated carbocycles. The highest BCUT2D eigenvalue weighted by Crippen LogP contribution is 2.28. The van der Waals surface area contributed by atoms with E-state index in [9.17, 15) is 14.7 Å². The summed E-state index contributed by atoms with van der Waals surface area (Å²) in [4.78, 5) is 25.7. The number of aromatic carboxylic acids is 1. The summed E-state index contributed by atoms with van der Waals surface area (Å²) >= 11 is 0. The molecule has 2 rings (SSSR count). The Morgan fingerprint density at radius 2 is 1.69 bits per heavy atom. The molecule has 2 aromatic rings. The Balaban J connectivity index is 2.30. The van der Waals surface area contributed by atoms with Crippen molar-refractivity contribution in [1.29, 1.82) is 0 Å². The van der Waals surface area contributed by atoms with E-state index in [-0.39, 0.29) is 17.6 Å². The van der Waals surface area contributed by atoms with Crippen LogP contribution in [0.4, 0.5) is 10.5 Å². The molecule has 0 unspecified atom stereocenters. The summed E-state index contributed by atoms with van der Waals surface area (Å²) in [6, 6.07) is 14.4. The summed E-state index contributed by atoms with van der Waals surface area (Å²) in [5.41, 5.74) is 1.99. The summed E-state index contributed by atoms with van der Waals surface area (Å²) in [6.07, 6.45) is -0.491. The second kappa shape index (κ2) is 8.04. The number of carbonyl (C=O) groups is 2. The molecule has 0 spiro atoms. The van der Waals surface area contributed by atoms with Gasteiger partial charge < -0.3 is 9.84 Å². The highest BCUT2D eigenvalue weighted by Gasteiger charge is 2.26. The molecule has 0 atom stereocenters. The fourth-order valence-corrected chi connectivity index (χ4v) is 2.67. The average molecular weight is 355 g/mol. The van der Waals surface area contributed by atoms with Crippen LogP contribution in [0.2, 0.25) is 0 Å². The van der Waals surface area contributed by atoms with Crippen LogP contribution < -0.4 is 4.90 Å². The first-order valence-corrected chi connectivity index (χ1v) is 8.50. The molecule has 0 bridgehead atoms. The summed E-state index contributed by atoms with van der Waals surface area (Å²) in [6.45, 7) is 8.32. The number of carbonyl (C=O) groups excluding carboxylic acids is 1. The number of carboxylic acid groups (broad SMARTS) is 1. The lowest BCUT2D eigenvalue weighted by Crippen LogP contribution is -2.38. The fourth-order valence-electron chi connectivity index (χ4n) is 2.67. The van der Waals surface area contributed by atoms with Crippen molar-refractivity contribution >= 4 is 17.7 Å². The van der Waals surface area contributed by atoms with E-state index in [1.807, 2.05) is 51.1 Å². The standard InChI is InChI=1S/C21H25NO4/c1-15-17(19(23)24)11-8-12-18(15)22(14-21(2,3)4)20(25)26-13-16-9-6-5-7-10-16/h5-12H,13-14H2,1-4H3,(H,23,24). The minimum atomic E-state index is -1.02. The molecule has 0 fully saturated rings. The molecule has 0 aliphatic rings. The van der Waals surface area contributed by atoms with Gasteiger partial charge in [0.15, 0.2) is 0 Å². The predicted octanol–water partition coefficient (Wildman–Crippen LogP) is 4.88. The normalized spacial score (nSPS) is 11.1. The molecule has 0 heterocycles. The second-order valence-corrected chi connectivity index (χ2v) is 7.44. The maximum Gasteiger partial charge on any atom is 0.414 e. The number of benzene rings is 2. The van der Waals surface area contributed by atoms with Crippen molar-refractivity contribution in [2.24, 2.45) is 5.41 Å². The van der Waals surface area contributed by atoms with E-state index in [1.165, 1.54) is 11.0 Å². The third kappa shape index (κ3) is 5.09. The van der Waals surface area contributed by atoms with Gasteiger partial charge in [0, 0.05) is 6.54 Å². The molecule has 1 N–H and O–H groups in total. The molecule has 0 saturated heterocycles. The summed E-state index contributed by atoms with van der Waals surface area (Å²) < 4.78 is 5.49. The Hall–Kier alpha value is -2.82. The molecular weight excluding hydrogens is 330 g/mol. The maximum atomic E-state index is 12.8. The number of anilines is 1. The Bertz CT molecular complexity index is 778. The van der Waals surface area contributed by atoms with Crippen molar-refractivity contribution in [3.8, 4) is 0 Å². The topological polar surface area (TPSA) is 66.8 Å². The molecule has 0 aliphatic carbocycles. The number of rotatable bonds is 5. The van der Waals surface area contributed by atoms with E-state index in [2.05, 4.69) is 0 Å². The van der Waals surface area contributed by atoms with Crippen LogP contribution in [0, 0.1) is 12.3 Å². The van der Waals surface area contributed by atoms with Crippen molar-refractivity contribution in [2.75, 3.05) is 11.4 Å². The minimum Gasteiger partial charge on any atom is -0.478 e. The third-order valence-electron chi connectivity index (χ3n) is 3.88. The molecule has 1 amide bonds. The zero-order valence-corrected chi connectivity index (χ0v) is 15.7. The van der Waals surface area contributed by atoms with Gasteiger partial charge in [-0.1, -0.05) is 57.2 Å². The van der Waals surface area contributed by atoms with Crippen LogP contribution in [-0.4, -0.2) is 23.7 Å². The first-order valence-electron chi connectivity index (χ1n) is 8.50. The molecule has 26 heavy (non-hydrogen) atoms. The summed E-state index contributed by atoms with van der Waals surface area (Å²) in [7, 11) is 0. The number of ether oxygens (including phenoxy) is 1. The second-order valence-electron chi connectivity index (χ2n) is 7.44. The number of hydrogen-bond acceptors (Lipinski definition) is 3. The first kappa shape index (κ1) is 19.5. The van der Waals surface area contributed by atoms with Crippen LogP contribution in [0.15, 0.2) is 48.5 Å². The van der Waals surface area contributed by atoms with Gasteiger partial charge in [0.2, 0.25) is 0 Å². The van der Waals surface area contributed by atoms with Crippen molar-refractivity contribution in [2.45, 2.75) is 34.3 Å². The lowest BCUT2D eigenvalue weighted by Gasteiger charge is -2.30. The van der Waals surface area contributed by atoms with Gasteiger partial charge in [0.05, 0.1) is 11.3 Å². The maximum absolute atomic E-state index is 12.8. The van der Waals surface area contributed by atoms with Gasteiger partial charge in [0.25, 0.3) is 0 Å². The van der Waals surface area contributed by atoms with E-state index < -0.39 is 12.1 Å². The van der Waals surface area contributed by atoms with Crippen molar-refractivity contribution < 1.29 is 19.4 Å². The third-order valence-corrected chi connectivity index (χ3v) is 3.88. The zero-order valence-electron chi connectivity index (χ0n) is 15.7. The van der Waals surface area contributed by atoms with Crippen molar-refractivity contribution in [3.05, 3.63) is 65.2 Å². The molecular formula is C21H25NO4. The number of carboxylic acids is 1. The summed E-state index contributed by atoms with van der Waals surface area (Å²) in [5, 5.41) is 9.36. The van der Waals surface area contributed by atoms with Crippen LogP contribution in [-0.2, 0) is 11.3 Å². The van der Waals surface area contributed by atoms with E-state index >= 15 is 0 Å². The molecule has 2 aromatic carbocycles. The lowest BCUT2D eigenvalue weighted by molar-refractivity contribution is 0.0696. The van der Waals surface area contributed by atoms with Crippen LogP contribution in [0.3, 0.4) is 0 Å². The number of hydrogen-bond donors (Lipinski definition) is 1. The molecule has 0 radical (unpaired) electrons. The minimum absolute atomic E-state index is 0.165. The highest BCUT2D eigenvalue weighted by atomic mass is 16.6. The largest absolute Gasteiger partial charge is 0.478 e. The Labute approximate surface area is 154 Å². The van der Waals surface area contributed by atoms with Crippen LogP contribution in [0.25, 0.3) is 0 Å². The van der Waals surface area contributed by atoms with Gasteiger partial charge in [0.1, 0.15) is 6.61 Å². The van der Waals surface area contributed by atoms with Crippen LogP contribution >= 0.6 is 0 Å². The summed E-state index contributed by atoms with van der Waals surface area (Å²) in [5.74, 6) is -1.02. The quantitative estimate of drug-likeness (QED) is 0.830. The van der Waals surface area contributed by atoms with Crippen LogP contribution in [0.5, 0.6) is 0 Å². The molecule has 0 aliphatic heterocycles. The zero-order chi connectivity index (χ0) is 19.3. The van der Waals surface area contributed by atoms with Gasteiger partial charge in [-0.15, -0.1) is 0 Å². The van der Waals surface area contributed by atoms with Gasteiger partial charge >= 0.3 is 12.1 Å². The molecule has 5 nitrogen and oxygen atoms in total. The van der Waals surface area contributed by atoms with E-state index in [1.54, 1.807) is 19.1 Å².